The normalized spacial score (nSPS) is 21.5. The number of benzene rings is 2. The summed E-state index contributed by atoms with van der Waals surface area (Å²) in [7, 11) is 3.38. The van der Waals surface area contributed by atoms with E-state index in [-0.39, 0.29) is 24.0 Å². The number of likely N-dealkylation sites (N-methyl/N-ethyl adjacent to an activating group) is 1. The second kappa shape index (κ2) is 11.8. The monoisotopic (exact) mass is 508 g/mol. The van der Waals surface area contributed by atoms with Gasteiger partial charge in [-0.25, -0.2) is 4.79 Å². The summed E-state index contributed by atoms with van der Waals surface area (Å²) < 4.78 is 11.6. The van der Waals surface area contributed by atoms with Crippen molar-refractivity contribution >= 4 is 46.5 Å². The lowest BCUT2D eigenvalue weighted by atomic mass is 10.0. The number of carbonyl (C=O) groups is 2. The summed E-state index contributed by atoms with van der Waals surface area (Å²) in [6, 6.07) is 9.36. The van der Waals surface area contributed by atoms with Crippen LogP contribution < -0.4 is 20.7 Å². The smallest absolute Gasteiger partial charge is 0.323 e. The fourth-order valence-electron chi connectivity index (χ4n) is 3.61. The molecule has 2 aromatic rings. The van der Waals surface area contributed by atoms with Crippen molar-refractivity contribution < 1.29 is 19.1 Å². The molecule has 3 amide bonds. The molecule has 8 nitrogen and oxygen atoms in total. The molecule has 1 aliphatic rings. The Labute approximate surface area is 209 Å². The molecule has 0 radical (unpaired) electrons. The minimum atomic E-state index is -0.487. The van der Waals surface area contributed by atoms with Gasteiger partial charge in [-0.3, -0.25) is 4.79 Å². The molecule has 0 saturated heterocycles. The van der Waals surface area contributed by atoms with Gasteiger partial charge in [0.2, 0.25) is 0 Å². The van der Waals surface area contributed by atoms with Crippen molar-refractivity contribution in [2.45, 2.75) is 26.0 Å². The first-order valence-corrected chi connectivity index (χ1v) is 11.7. The van der Waals surface area contributed by atoms with Gasteiger partial charge in [-0.2, -0.15) is 0 Å². The lowest BCUT2D eigenvalue weighted by Gasteiger charge is -2.30. The SMILES string of the molecule is CO[C@@H]1CN(C)C(=O)c2cc(NC(=O)Nc3ccc(Cl)c(Cl)c3)ccc2OC[C@H](C)NC[C@H]1C. The minimum absolute atomic E-state index is 0.0786. The van der Waals surface area contributed by atoms with Gasteiger partial charge in [-0.05, 0) is 49.2 Å². The van der Waals surface area contributed by atoms with Gasteiger partial charge in [0, 0.05) is 44.7 Å². The van der Waals surface area contributed by atoms with Crippen molar-refractivity contribution in [2.24, 2.45) is 5.92 Å². The zero-order chi connectivity index (χ0) is 24.8. The average molecular weight is 509 g/mol. The second-order valence-corrected chi connectivity index (χ2v) is 9.29. The quantitative estimate of drug-likeness (QED) is 0.557. The third-order valence-corrected chi connectivity index (χ3v) is 6.40. The summed E-state index contributed by atoms with van der Waals surface area (Å²) >= 11 is 11.9. The van der Waals surface area contributed by atoms with Gasteiger partial charge < -0.3 is 30.3 Å². The highest BCUT2D eigenvalue weighted by Crippen LogP contribution is 2.27. The highest BCUT2D eigenvalue weighted by Gasteiger charge is 2.25. The Hall–Kier alpha value is -2.52. The van der Waals surface area contributed by atoms with Crippen LogP contribution in [0.4, 0.5) is 16.2 Å². The Morgan fingerprint density at radius 2 is 1.79 bits per heavy atom. The molecule has 2 aromatic carbocycles. The Balaban J connectivity index is 1.82. The Morgan fingerprint density at radius 3 is 2.47 bits per heavy atom. The fraction of sp³-hybridized carbons (Fsp3) is 0.417. The van der Waals surface area contributed by atoms with E-state index in [0.717, 1.165) is 6.54 Å². The van der Waals surface area contributed by atoms with E-state index >= 15 is 0 Å². The largest absolute Gasteiger partial charge is 0.491 e. The molecule has 1 heterocycles. The number of nitrogens with one attached hydrogen (secondary N) is 3. The van der Waals surface area contributed by atoms with Crippen molar-refractivity contribution in [3.63, 3.8) is 0 Å². The number of nitrogens with zero attached hydrogens (tertiary/aromatic N) is 1. The molecule has 0 fully saturated rings. The molecule has 1 aliphatic heterocycles. The molecule has 0 unspecified atom stereocenters. The summed E-state index contributed by atoms with van der Waals surface area (Å²) in [5.74, 6) is 0.419. The van der Waals surface area contributed by atoms with Crippen molar-refractivity contribution in [2.75, 3.05) is 44.5 Å². The third-order valence-electron chi connectivity index (χ3n) is 5.66. The van der Waals surface area contributed by atoms with Crippen LogP contribution in [0.3, 0.4) is 0 Å². The number of hydrogen-bond acceptors (Lipinski definition) is 5. The maximum absolute atomic E-state index is 13.3. The van der Waals surface area contributed by atoms with Gasteiger partial charge in [0.1, 0.15) is 12.4 Å². The Morgan fingerprint density at radius 1 is 1.12 bits per heavy atom. The van der Waals surface area contributed by atoms with E-state index < -0.39 is 6.03 Å². The second-order valence-electron chi connectivity index (χ2n) is 8.48. The molecule has 0 bridgehead atoms. The number of anilines is 2. The Kier molecular flexibility index (Phi) is 9.02. The fourth-order valence-corrected chi connectivity index (χ4v) is 3.90. The van der Waals surface area contributed by atoms with E-state index in [4.69, 9.17) is 32.7 Å². The van der Waals surface area contributed by atoms with Gasteiger partial charge in [0.15, 0.2) is 0 Å². The summed E-state index contributed by atoms with van der Waals surface area (Å²) in [6.07, 6.45) is -0.129. The van der Waals surface area contributed by atoms with Crippen LogP contribution in [0.5, 0.6) is 5.75 Å². The van der Waals surface area contributed by atoms with Crippen LogP contribution in [0.1, 0.15) is 24.2 Å². The van der Waals surface area contributed by atoms with Crippen LogP contribution in [0.2, 0.25) is 10.0 Å². The summed E-state index contributed by atoms with van der Waals surface area (Å²) in [5, 5.41) is 9.61. The number of hydrogen-bond donors (Lipinski definition) is 3. The standard InChI is InChI=1S/C24H30Cl2N4O4/c1-14-11-27-15(2)13-34-21-8-6-16(9-18(21)23(31)30(3)12-22(14)33-4)28-24(32)29-17-5-7-19(25)20(26)10-17/h5-10,14-15,22,27H,11-13H2,1-4H3,(H2,28,29,32)/t14-,15+,22-/m1/s1. The molecule has 0 aliphatic carbocycles. The molecule has 3 rings (SSSR count). The maximum atomic E-state index is 13.3. The molecular formula is C24H30Cl2N4O4. The number of carbonyl (C=O) groups excluding carboxylic acids is 2. The van der Waals surface area contributed by atoms with Crippen molar-refractivity contribution in [3.05, 3.63) is 52.0 Å². The van der Waals surface area contributed by atoms with Crippen molar-refractivity contribution in [3.8, 4) is 5.75 Å². The lowest BCUT2D eigenvalue weighted by Crippen LogP contribution is -2.44. The molecule has 0 spiro atoms. The van der Waals surface area contributed by atoms with E-state index in [1.165, 1.54) is 0 Å². The highest BCUT2D eigenvalue weighted by atomic mass is 35.5. The van der Waals surface area contributed by atoms with Gasteiger partial charge in [0.05, 0.1) is 21.7 Å². The van der Waals surface area contributed by atoms with E-state index in [1.54, 1.807) is 55.5 Å². The highest BCUT2D eigenvalue weighted by molar-refractivity contribution is 6.42. The van der Waals surface area contributed by atoms with Gasteiger partial charge in [-0.15, -0.1) is 0 Å². The van der Waals surface area contributed by atoms with Crippen LogP contribution in [0, 0.1) is 5.92 Å². The number of methoxy groups -OCH3 is 1. The van der Waals surface area contributed by atoms with Crippen molar-refractivity contribution in [1.82, 2.24) is 10.2 Å². The first-order valence-electron chi connectivity index (χ1n) is 11.0. The number of ether oxygens (including phenoxy) is 2. The minimum Gasteiger partial charge on any atom is -0.491 e. The van der Waals surface area contributed by atoms with Crippen LogP contribution in [-0.2, 0) is 4.74 Å². The van der Waals surface area contributed by atoms with Crippen LogP contribution in [0.25, 0.3) is 0 Å². The van der Waals surface area contributed by atoms with Crippen LogP contribution in [0.15, 0.2) is 36.4 Å². The molecule has 10 heteroatoms. The summed E-state index contributed by atoms with van der Waals surface area (Å²) in [4.78, 5) is 27.4. The molecular weight excluding hydrogens is 479 g/mol. The number of rotatable bonds is 3. The molecule has 3 N–H and O–H groups in total. The molecule has 3 atom stereocenters. The zero-order valence-electron chi connectivity index (χ0n) is 19.7. The van der Waals surface area contributed by atoms with E-state index in [9.17, 15) is 9.59 Å². The number of halogens is 2. The number of amides is 3. The maximum Gasteiger partial charge on any atom is 0.323 e. The first-order chi connectivity index (χ1) is 16.2. The zero-order valence-corrected chi connectivity index (χ0v) is 21.2. The first kappa shape index (κ1) is 26.1. The number of urea groups is 1. The lowest BCUT2D eigenvalue weighted by molar-refractivity contribution is 0.0281. The van der Waals surface area contributed by atoms with E-state index in [0.29, 0.717) is 45.9 Å². The van der Waals surface area contributed by atoms with E-state index in [1.807, 2.05) is 6.92 Å². The number of fused-ring (bicyclic) bond motifs is 1. The summed E-state index contributed by atoms with van der Waals surface area (Å²) in [5.41, 5.74) is 1.28. The molecule has 34 heavy (non-hydrogen) atoms. The van der Waals surface area contributed by atoms with E-state index in [2.05, 4.69) is 22.9 Å². The van der Waals surface area contributed by atoms with Crippen molar-refractivity contribution in [1.29, 1.82) is 0 Å². The molecule has 0 aromatic heterocycles. The Bertz CT molecular complexity index is 1040. The molecule has 184 valence electrons. The van der Waals surface area contributed by atoms with Crippen LogP contribution in [-0.4, -0.2) is 62.8 Å². The molecule has 0 saturated carbocycles. The predicted molar refractivity (Wildman–Crippen MR) is 135 cm³/mol. The summed E-state index contributed by atoms with van der Waals surface area (Å²) in [6.45, 7) is 5.66. The predicted octanol–water partition coefficient (Wildman–Crippen LogP) is 4.73. The third kappa shape index (κ3) is 6.76. The topological polar surface area (TPSA) is 91.9 Å². The van der Waals surface area contributed by atoms with Gasteiger partial charge in [0.25, 0.3) is 5.91 Å². The van der Waals surface area contributed by atoms with Gasteiger partial charge in [-0.1, -0.05) is 30.1 Å². The average Bonchev–Trinajstić information content (AvgIpc) is 2.81. The van der Waals surface area contributed by atoms with Crippen LogP contribution >= 0.6 is 23.2 Å². The van der Waals surface area contributed by atoms with Gasteiger partial charge >= 0.3 is 6.03 Å².